The number of nitrogens with one attached hydrogen (secondary N) is 1. The van der Waals surface area contributed by atoms with Gasteiger partial charge in [0.15, 0.2) is 11.7 Å². The fourth-order valence-corrected chi connectivity index (χ4v) is 3.30. The Hall–Kier alpha value is -3.93. The number of hydrogen-bond acceptors (Lipinski definition) is 9. The summed E-state index contributed by atoms with van der Waals surface area (Å²) in [5.74, 6) is -1.50. The zero-order valence-corrected chi connectivity index (χ0v) is 15.4. The van der Waals surface area contributed by atoms with Crippen molar-refractivity contribution in [3.05, 3.63) is 68.3 Å². The van der Waals surface area contributed by atoms with Gasteiger partial charge in [0.05, 0.1) is 32.6 Å². The molecule has 1 aromatic heterocycles. The number of para-hydroxylation sites is 1. The molecule has 0 saturated heterocycles. The van der Waals surface area contributed by atoms with Crippen molar-refractivity contribution in [1.29, 1.82) is 0 Å². The molecule has 0 fully saturated rings. The maximum Gasteiger partial charge on any atom is 0.311 e. The average Bonchev–Trinajstić information content (AvgIpc) is 3.08. The predicted molar refractivity (Wildman–Crippen MR) is 103 cm³/mol. The van der Waals surface area contributed by atoms with Crippen LogP contribution in [0.15, 0.2) is 42.5 Å². The maximum absolute atomic E-state index is 11.9. The molecule has 0 spiro atoms. The molecule has 12 heteroatoms. The topological polar surface area (TPSA) is 155 Å². The van der Waals surface area contributed by atoms with Gasteiger partial charge in [-0.1, -0.05) is 23.5 Å². The van der Waals surface area contributed by atoms with E-state index in [1.165, 1.54) is 11.3 Å². The summed E-state index contributed by atoms with van der Waals surface area (Å²) in [6, 6.07) is 10.2. The number of esters is 1. The van der Waals surface area contributed by atoms with Gasteiger partial charge in [0.25, 0.3) is 17.3 Å². The molecule has 1 N–H and O–H groups in total. The van der Waals surface area contributed by atoms with Crippen molar-refractivity contribution in [2.45, 2.75) is 6.42 Å². The van der Waals surface area contributed by atoms with Gasteiger partial charge >= 0.3 is 5.97 Å². The molecule has 2 aromatic carbocycles. The first kappa shape index (κ1) is 19.8. The maximum atomic E-state index is 11.9. The van der Waals surface area contributed by atoms with E-state index >= 15 is 0 Å². The van der Waals surface area contributed by atoms with Crippen molar-refractivity contribution in [1.82, 2.24) is 4.98 Å². The molecular weight excluding hydrogens is 404 g/mol. The molecule has 0 bridgehead atoms. The Morgan fingerprint density at radius 1 is 1.10 bits per heavy atom. The minimum atomic E-state index is -0.888. The van der Waals surface area contributed by atoms with Crippen LogP contribution >= 0.6 is 11.3 Å². The number of amides is 1. The molecule has 0 aliphatic carbocycles. The van der Waals surface area contributed by atoms with Crippen molar-refractivity contribution in [3.63, 3.8) is 0 Å². The third-order valence-corrected chi connectivity index (χ3v) is 4.67. The van der Waals surface area contributed by atoms with Crippen LogP contribution in [0.25, 0.3) is 10.2 Å². The first-order valence-corrected chi connectivity index (χ1v) is 8.88. The second-order valence-electron chi connectivity index (χ2n) is 5.70. The van der Waals surface area contributed by atoms with E-state index in [4.69, 9.17) is 4.74 Å². The third-order valence-electron chi connectivity index (χ3n) is 3.72. The number of aromatic nitrogens is 1. The summed E-state index contributed by atoms with van der Waals surface area (Å²) in [4.78, 5) is 48.3. The number of carbonyl (C=O) groups excluding carboxylic acids is 2. The normalized spacial score (nSPS) is 10.5. The molecule has 3 rings (SSSR count). The number of anilines is 1. The number of nitro benzene ring substituents is 2. The second kappa shape index (κ2) is 8.39. The molecule has 0 radical (unpaired) electrons. The fourth-order valence-electron chi connectivity index (χ4n) is 2.42. The molecule has 0 aliphatic heterocycles. The molecule has 1 heterocycles. The highest BCUT2D eigenvalue weighted by molar-refractivity contribution is 7.22. The summed E-state index contributed by atoms with van der Waals surface area (Å²) < 4.78 is 5.72. The van der Waals surface area contributed by atoms with Crippen LogP contribution in [-0.2, 0) is 20.7 Å². The molecule has 11 nitrogen and oxygen atoms in total. The number of nitrogens with zero attached hydrogens (tertiary/aromatic N) is 3. The number of hydrogen-bond donors (Lipinski definition) is 1. The number of benzene rings is 2. The number of thiazole rings is 1. The lowest BCUT2D eigenvalue weighted by Gasteiger charge is -2.05. The Balaban J connectivity index is 1.58. The number of carbonyl (C=O) groups is 2. The molecule has 0 aliphatic rings. The van der Waals surface area contributed by atoms with Gasteiger partial charge < -0.3 is 4.74 Å². The monoisotopic (exact) mass is 416 g/mol. The number of non-ortho nitro benzene ring substituents is 1. The number of nitro groups is 2. The summed E-state index contributed by atoms with van der Waals surface area (Å²) in [7, 11) is 0. The Labute approximate surface area is 166 Å². The molecule has 3 aromatic rings. The van der Waals surface area contributed by atoms with E-state index in [0.717, 1.165) is 28.4 Å². The number of ether oxygens (including phenoxy) is 1. The van der Waals surface area contributed by atoms with Crippen LogP contribution in [-0.4, -0.2) is 33.3 Å². The van der Waals surface area contributed by atoms with E-state index in [2.05, 4.69) is 10.3 Å². The number of fused-ring (bicyclic) bond motifs is 1. The van der Waals surface area contributed by atoms with E-state index in [1.54, 1.807) is 6.07 Å². The van der Waals surface area contributed by atoms with Gasteiger partial charge in [-0.15, -0.1) is 0 Å². The van der Waals surface area contributed by atoms with Crippen LogP contribution in [0.5, 0.6) is 0 Å². The summed E-state index contributed by atoms with van der Waals surface area (Å²) in [5, 5.41) is 24.7. The van der Waals surface area contributed by atoms with Crippen LogP contribution in [0.2, 0.25) is 0 Å². The van der Waals surface area contributed by atoms with E-state index < -0.39 is 46.1 Å². The Kier molecular flexibility index (Phi) is 5.74. The van der Waals surface area contributed by atoms with Gasteiger partial charge in [0, 0.05) is 11.6 Å². The number of rotatable bonds is 7. The van der Waals surface area contributed by atoms with Gasteiger partial charge in [0.2, 0.25) is 0 Å². The minimum Gasteiger partial charge on any atom is -0.455 e. The standard InChI is InChI=1S/C17H12N4O7S/c22-15(19-17-18-12-3-1-2-4-14(12)29-17)9-28-16(23)7-10-5-6-11(20(24)25)8-13(10)21(26)27/h1-6,8H,7,9H2,(H,18,19,22). The van der Waals surface area contributed by atoms with Crippen LogP contribution in [0.4, 0.5) is 16.5 Å². The third kappa shape index (κ3) is 4.87. The summed E-state index contributed by atoms with van der Waals surface area (Å²) in [6.07, 6.45) is -0.511. The van der Waals surface area contributed by atoms with E-state index in [-0.39, 0.29) is 5.56 Å². The van der Waals surface area contributed by atoms with Gasteiger partial charge in [0.1, 0.15) is 0 Å². The zero-order chi connectivity index (χ0) is 21.0. The predicted octanol–water partition coefficient (Wildman–Crippen LogP) is 2.84. The van der Waals surface area contributed by atoms with Crippen LogP contribution < -0.4 is 5.32 Å². The first-order valence-electron chi connectivity index (χ1n) is 8.06. The largest absolute Gasteiger partial charge is 0.455 e. The molecule has 1 amide bonds. The van der Waals surface area contributed by atoms with Crippen molar-refractivity contribution in [2.24, 2.45) is 0 Å². The van der Waals surface area contributed by atoms with Gasteiger partial charge in [-0.05, 0) is 18.2 Å². The minimum absolute atomic E-state index is 0.0582. The van der Waals surface area contributed by atoms with Crippen LogP contribution in [0, 0.1) is 20.2 Å². The highest BCUT2D eigenvalue weighted by Gasteiger charge is 2.22. The van der Waals surface area contributed by atoms with Gasteiger partial charge in [-0.25, -0.2) is 4.98 Å². The van der Waals surface area contributed by atoms with E-state index in [9.17, 15) is 29.8 Å². The lowest BCUT2D eigenvalue weighted by atomic mass is 10.1. The average molecular weight is 416 g/mol. The Morgan fingerprint density at radius 2 is 1.86 bits per heavy atom. The van der Waals surface area contributed by atoms with Crippen molar-refractivity contribution >= 4 is 49.9 Å². The summed E-state index contributed by atoms with van der Waals surface area (Å²) >= 11 is 1.26. The lowest BCUT2D eigenvalue weighted by Crippen LogP contribution is -2.21. The smallest absolute Gasteiger partial charge is 0.311 e. The van der Waals surface area contributed by atoms with Crippen molar-refractivity contribution in [2.75, 3.05) is 11.9 Å². The van der Waals surface area contributed by atoms with Crippen molar-refractivity contribution in [3.8, 4) is 0 Å². The fraction of sp³-hybridized carbons (Fsp3) is 0.118. The highest BCUT2D eigenvalue weighted by Crippen LogP contribution is 2.26. The Morgan fingerprint density at radius 3 is 2.55 bits per heavy atom. The zero-order valence-electron chi connectivity index (χ0n) is 14.6. The Bertz CT molecular complexity index is 1090. The molecule has 148 valence electrons. The molecular formula is C17H12N4O7S. The van der Waals surface area contributed by atoms with Crippen LogP contribution in [0.3, 0.4) is 0 Å². The van der Waals surface area contributed by atoms with Gasteiger partial charge in [-0.3, -0.25) is 35.1 Å². The quantitative estimate of drug-likeness (QED) is 0.350. The lowest BCUT2D eigenvalue weighted by molar-refractivity contribution is -0.394. The van der Waals surface area contributed by atoms with E-state index in [1.807, 2.05) is 18.2 Å². The molecule has 0 unspecified atom stereocenters. The molecule has 29 heavy (non-hydrogen) atoms. The van der Waals surface area contributed by atoms with Gasteiger partial charge in [-0.2, -0.15) is 0 Å². The molecule has 0 atom stereocenters. The first-order chi connectivity index (χ1) is 13.8. The summed E-state index contributed by atoms with van der Waals surface area (Å²) in [5.41, 5.74) is -0.383. The van der Waals surface area contributed by atoms with Crippen LogP contribution in [0.1, 0.15) is 5.56 Å². The van der Waals surface area contributed by atoms with Crippen molar-refractivity contribution < 1.29 is 24.2 Å². The highest BCUT2D eigenvalue weighted by atomic mass is 32.1. The second-order valence-corrected chi connectivity index (χ2v) is 6.73. The van der Waals surface area contributed by atoms with E-state index in [0.29, 0.717) is 5.13 Å². The summed E-state index contributed by atoms with van der Waals surface area (Å²) in [6.45, 7) is -0.602. The molecule has 0 saturated carbocycles. The SMILES string of the molecule is O=C(COC(=O)Cc1ccc([N+](=O)[O-])cc1[N+](=O)[O-])Nc1nc2ccccc2s1.